The second-order valence-electron chi connectivity index (χ2n) is 17.0. The first-order chi connectivity index (χ1) is 27.7. The first kappa shape index (κ1) is 42.0. The predicted molar refractivity (Wildman–Crippen MR) is 215 cm³/mol. The van der Waals surface area contributed by atoms with Crippen LogP contribution in [0.2, 0.25) is 0 Å². The topological polar surface area (TPSA) is 149 Å². The number of hydrogen-bond donors (Lipinski definition) is 0. The van der Waals surface area contributed by atoms with E-state index in [2.05, 4.69) is 19.8 Å². The van der Waals surface area contributed by atoms with Gasteiger partial charge in [0.15, 0.2) is 11.6 Å². The third-order valence-corrected chi connectivity index (χ3v) is 14.6. The van der Waals surface area contributed by atoms with E-state index in [9.17, 15) is 27.2 Å². The van der Waals surface area contributed by atoms with Gasteiger partial charge in [-0.15, -0.1) is 0 Å². The van der Waals surface area contributed by atoms with Gasteiger partial charge >= 0.3 is 5.97 Å². The van der Waals surface area contributed by atoms with Crippen molar-refractivity contribution in [2.24, 2.45) is 11.3 Å². The van der Waals surface area contributed by atoms with E-state index < -0.39 is 22.0 Å². The summed E-state index contributed by atoms with van der Waals surface area (Å²) in [5.74, 6) is 0.0550. The summed E-state index contributed by atoms with van der Waals surface area (Å²) >= 11 is 0. The minimum atomic E-state index is -3.64. The zero-order chi connectivity index (χ0) is 41.4. The van der Waals surface area contributed by atoms with E-state index in [1.165, 1.54) is 30.6 Å². The standard InChI is InChI=1S/C41H57FN8O7S/c1-6-56-38(52)10-9-37(51)48-23-33-20-32(48)24-49(33)58(54,55)47-15-11-30(12-16-47)22-45-17-13-41(14-18-45)25-46(26-41)39-36(21-43-27-44-39)57-35-8-7-31(42)19-34(35)40(53)50(28(2)3)29(4)5/h7-10,19,21,27-30,32-33H,6,11-18,20,22-26H2,1-5H3/b10-9+/t32-,33-/m0/s1. The van der Waals surface area contributed by atoms with Crippen molar-refractivity contribution in [3.05, 3.63) is 54.3 Å². The highest BCUT2D eigenvalue weighted by molar-refractivity contribution is 7.86. The molecule has 316 valence electrons. The number of fused-ring (bicyclic) bond motifs is 2. The van der Waals surface area contributed by atoms with Gasteiger partial charge in [-0.25, -0.2) is 19.2 Å². The number of benzene rings is 1. The lowest BCUT2D eigenvalue weighted by atomic mass is 9.72. The van der Waals surface area contributed by atoms with Crippen LogP contribution in [0.5, 0.6) is 11.5 Å². The van der Waals surface area contributed by atoms with E-state index in [1.54, 1.807) is 31.5 Å². The highest BCUT2D eigenvalue weighted by atomic mass is 32.2. The summed E-state index contributed by atoms with van der Waals surface area (Å²) in [7, 11) is -3.64. The Morgan fingerprint density at radius 2 is 1.69 bits per heavy atom. The van der Waals surface area contributed by atoms with Gasteiger partial charge in [-0.1, -0.05) is 0 Å². The first-order valence-electron chi connectivity index (χ1n) is 20.7. The molecule has 58 heavy (non-hydrogen) atoms. The Labute approximate surface area is 341 Å². The lowest BCUT2D eigenvalue weighted by Gasteiger charge is -2.54. The Morgan fingerprint density at radius 1 is 0.983 bits per heavy atom. The number of piperidine rings is 2. The summed E-state index contributed by atoms with van der Waals surface area (Å²) in [4.78, 5) is 54.8. The predicted octanol–water partition coefficient (Wildman–Crippen LogP) is 3.93. The van der Waals surface area contributed by atoms with Gasteiger partial charge in [-0.2, -0.15) is 17.0 Å². The molecule has 0 radical (unpaired) electrons. The number of amides is 2. The molecule has 2 bridgehead atoms. The number of carbonyl (C=O) groups excluding carboxylic acids is 3. The van der Waals surface area contributed by atoms with Crippen molar-refractivity contribution in [3.8, 4) is 11.5 Å². The number of piperazine rings is 1. The fraction of sp³-hybridized carbons (Fsp3) is 0.634. The Hall–Kier alpha value is -4.19. The number of aromatic nitrogens is 2. The van der Waals surface area contributed by atoms with E-state index in [1.807, 2.05) is 27.7 Å². The molecule has 5 saturated heterocycles. The average molecular weight is 825 g/mol. The van der Waals surface area contributed by atoms with Gasteiger partial charge in [0.25, 0.3) is 16.1 Å². The van der Waals surface area contributed by atoms with Crippen LogP contribution < -0.4 is 9.64 Å². The molecule has 15 nitrogen and oxygen atoms in total. The van der Waals surface area contributed by atoms with Crippen LogP contribution in [0.25, 0.3) is 0 Å². The molecular formula is C41H57FN8O7S. The van der Waals surface area contributed by atoms with Crippen molar-refractivity contribution >= 4 is 33.8 Å². The van der Waals surface area contributed by atoms with Crippen molar-refractivity contribution in [2.75, 3.05) is 70.4 Å². The first-order valence-corrected chi connectivity index (χ1v) is 22.1. The fourth-order valence-corrected chi connectivity index (χ4v) is 11.4. The molecule has 0 saturated carbocycles. The third kappa shape index (κ3) is 8.73. The third-order valence-electron chi connectivity index (χ3n) is 12.5. The number of carbonyl (C=O) groups is 3. The summed E-state index contributed by atoms with van der Waals surface area (Å²) in [6.45, 7) is 15.8. The van der Waals surface area contributed by atoms with E-state index >= 15 is 0 Å². The molecular weight excluding hydrogens is 768 g/mol. The smallest absolute Gasteiger partial charge is 0.330 e. The second kappa shape index (κ2) is 17.2. The van der Waals surface area contributed by atoms with Crippen molar-refractivity contribution in [2.45, 2.75) is 90.9 Å². The molecule has 0 N–H and O–H groups in total. The minimum Gasteiger partial charge on any atom is -0.463 e. The number of rotatable bonds is 13. The van der Waals surface area contributed by atoms with Gasteiger partial charge in [-0.05, 0) is 104 Å². The summed E-state index contributed by atoms with van der Waals surface area (Å²) in [6, 6.07) is 3.38. The zero-order valence-electron chi connectivity index (χ0n) is 34.3. The number of anilines is 1. The molecule has 2 amide bonds. The molecule has 1 spiro atoms. The molecule has 1 aromatic heterocycles. The van der Waals surface area contributed by atoms with Gasteiger partial charge in [0.2, 0.25) is 5.91 Å². The number of esters is 1. The Balaban J connectivity index is 0.874. The van der Waals surface area contributed by atoms with Crippen LogP contribution in [0.3, 0.4) is 0 Å². The highest BCUT2D eigenvalue weighted by Crippen LogP contribution is 2.45. The quantitative estimate of drug-likeness (QED) is 0.214. The number of ether oxygens (including phenoxy) is 2. The minimum absolute atomic E-state index is 0.0830. The zero-order valence-corrected chi connectivity index (χ0v) is 35.1. The van der Waals surface area contributed by atoms with E-state index in [4.69, 9.17) is 9.47 Å². The van der Waals surface area contributed by atoms with Crippen LogP contribution in [0.4, 0.5) is 10.2 Å². The largest absolute Gasteiger partial charge is 0.463 e. The highest BCUT2D eigenvalue weighted by Gasteiger charge is 2.51. The maximum atomic E-state index is 14.4. The van der Waals surface area contributed by atoms with Crippen LogP contribution in [-0.2, 0) is 24.5 Å². The second-order valence-corrected chi connectivity index (χ2v) is 18.9. The van der Waals surface area contributed by atoms with Crippen molar-refractivity contribution < 1.29 is 36.7 Å². The fourth-order valence-electron chi connectivity index (χ4n) is 9.58. The maximum Gasteiger partial charge on any atom is 0.330 e. The molecule has 1 aromatic carbocycles. The van der Waals surface area contributed by atoms with Gasteiger partial charge in [0, 0.05) is 87.5 Å². The van der Waals surface area contributed by atoms with E-state index in [-0.39, 0.29) is 65.9 Å². The lowest BCUT2D eigenvalue weighted by molar-refractivity contribution is -0.137. The molecule has 0 unspecified atom stereocenters. The summed E-state index contributed by atoms with van der Waals surface area (Å²) in [5, 5.41) is 0. The summed E-state index contributed by atoms with van der Waals surface area (Å²) < 4.78 is 56.3. The van der Waals surface area contributed by atoms with Gasteiger partial charge in [-0.3, -0.25) is 9.59 Å². The van der Waals surface area contributed by atoms with Gasteiger partial charge in [0.05, 0.1) is 18.4 Å². The average Bonchev–Trinajstić information content (AvgIpc) is 3.80. The SMILES string of the molecule is CCOC(=O)/C=C/C(=O)N1C[C@@H]2C[C@H]1CN2S(=O)(=O)N1CCC(CN2CCC3(CC2)CN(c2ncncc2Oc2ccc(F)cc2C(=O)N(C(C)C)C(C)C)C3)CC1. The monoisotopic (exact) mass is 824 g/mol. The van der Waals surface area contributed by atoms with Crippen LogP contribution in [0.1, 0.15) is 77.1 Å². The van der Waals surface area contributed by atoms with Gasteiger partial charge < -0.3 is 29.1 Å². The van der Waals surface area contributed by atoms with Gasteiger partial charge in [0.1, 0.15) is 17.9 Å². The van der Waals surface area contributed by atoms with Crippen LogP contribution in [0.15, 0.2) is 42.9 Å². The molecule has 5 aliphatic heterocycles. The molecule has 17 heteroatoms. The normalized spacial score (nSPS) is 23.0. The van der Waals surface area contributed by atoms with E-state index in [0.29, 0.717) is 43.5 Å². The molecule has 2 atom stereocenters. The molecule has 2 aromatic rings. The molecule has 6 heterocycles. The number of halogens is 1. The summed E-state index contributed by atoms with van der Waals surface area (Å²) in [6.07, 6.45) is 9.74. The van der Waals surface area contributed by atoms with Crippen LogP contribution in [0, 0.1) is 17.2 Å². The van der Waals surface area contributed by atoms with Crippen molar-refractivity contribution in [3.63, 3.8) is 0 Å². The molecule has 5 fully saturated rings. The number of nitrogens with zero attached hydrogens (tertiary/aromatic N) is 8. The molecule has 0 aliphatic carbocycles. The van der Waals surface area contributed by atoms with Crippen molar-refractivity contribution in [1.29, 1.82) is 0 Å². The molecule has 5 aliphatic rings. The van der Waals surface area contributed by atoms with Crippen molar-refractivity contribution in [1.82, 2.24) is 33.3 Å². The van der Waals surface area contributed by atoms with E-state index in [0.717, 1.165) is 64.5 Å². The Morgan fingerprint density at radius 3 is 2.33 bits per heavy atom. The van der Waals surface area contributed by atoms with Crippen LogP contribution >= 0.6 is 0 Å². The number of hydrogen-bond acceptors (Lipinski definition) is 11. The molecule has 7 rings (SSSR count). The lowest BCUT2D eigenvalue weighted by Crippen LogP contribution is -2.61. The Kier molecular flexibility index (Phi) is 12.4. The number of likely N-dealkylation sites (tertiary alicyclic amines) is 2. The Bertz CT molecular complexity index is 1970. The maximum absolute atomic E-state index is 14.4. The van der Waals surface area contributed by atoms with Crippen LogP contribution in [-0.4, -0.2) is 149 Å². The summed E-state index contributed by atoms with van der Waals surface area (Å²) in [5.41, 5.74) is 0.314.